The summed E-state index contributed by atoms with van der Waals surface area (Å²) in [5, 5.41) is 0. The first kappa shape index (κ1) is 13.3. The summed E-state index contributed by atoms with van der Waals surface area (Å²) in [5.74, 6) is 1.01. The molecule has 5 nitrogen and oxygen atoms in total. The van der Waals surface area contributed by atoms with E-state index in [1.807, 2.05) is 12.3 Å². The number of rotatable bonds is 3. The van der Waals surface area contributed by atoms with Gasteiger partial charge in [0.05, 0.1) is 7.11 Å². The smallest absolute Gasteiger partial charge is 0.156 e. The molecular weight excluding hydrogens is 276 g/mol. The molecule has 3 aromatic rings. The second-order valence-electron chi connectivity index (χ2n) is 5.63. The summed E-state index contributed by atoms with van der Waals surface area (Å²) >= 11 is 0. The average Bonchev–Trinajstić information content (AvgIpc) is 2.97. The van der Waals surface area contributed by atoms with E-state index in [4.69, 9.17) is 4.74 Å². The van der Waals surface area contributed by atoms with Gasteiger partial charge in [0.2, 0.25) is 0 Å². The van der Waals surface area contributed by atoms with Gasteiger partial charge in [0.15, 0.2) is 5.65 Å². The van der Waals surface area contributed by atoms with Crippen molar-refractivity contribution in [2.45, 2.75) is 19.5 Å². The number of hydrogen-bond acceptors (Lipinski definition) is 4. The van der Waals surface area contributed by atoms with Gasteiger partial charge < -0.3 is 9.72 Å². The van der Waals surface area contributed by atoms with Crippen LogP contribution >= 0.6 is 0 Å². The maximum Gasteiger partial charge on any atom is 0.156 e. The van der Waals surface area contributed by atoms with Crippen LogP contribution in [0.3, 0.4) is 0 Å². The van der Waals surface area contributed by atoms with Crippen molar-refractivity contribution in [2.24, 2.45) is 0 Å². The van der Waals surface area contributed by atoms with E-state index in [1.54, 1.807) is 19.5 Å². The van der Waals surface area contributed by atoms with Crippen LogP contribution in [-0.4, -0.2) is 33.5 Å². The molecule has 0 unspecified atom stereocenters. The van der Waals surface area contributed by atoms with Crippen LogP contribution in [0.25, 0.3) is 11.2 Å². The van der Waals surface area contributed by atoms with E-state index in [0.29, 0.717) is 0 Å². The van der Waals surface area contributed by atoms with Crippen LogP contribution < -0.4 is 4.74 Å². The predicted molar refractivity (Wildman–Crippen MR) is 84.7 cm³/mol. The Morgan fingerprint density at radius 2 is 2.18 bits per heavy atom. The van der Waals surface area contributed by atoms with Crippen LogP contribution in [0.5, 0.6) is 5.75 Å². The molecule has 0 amide bonds. The summed E-state index contributed by atoms with van der Waals surface area (Å²) in [6.07, 6.45) is 6.50. The highest BCUT2D eigenvalue weighted by molar-refractivity contribution is 5.74. The van der Waals surface area contributed by atoms with Crippen molar-refractivity contribution >= 4 is 11.2 Å². The lowest BCUT2D eigenvalue weighted by molar-refractivity contribution is 0.243. The molecule has 3 heterocycles. The normalized spacial score (nSPS) is 15.0. The number of hydrogen-bond donors (Lipinski definition) is 1. The number of nitrogens with zero attached hydrogens (tertiary/aromatic N) is 3. The van der Waals surface area contributed by atoms with Crippen molar-refractivity contribution in [1.29, 1.82) is 0 Å². The van der Waals surface area contributed by atoms with Gasteiger partial charge in [-0.15, -0.1) is 0 Å². The lowest BCUT2D eigenvalue weighted by Crippen LogP contribution is -2.30. The quantitative estimate of drug-likeness (QED) is 0.806. The van der Waals surface area contributed by atoms with Gasteiger partial charge in [-0.2, -0.15) is 0 Å². The summed E-state index contributed by atoms with van der Waals surface area (Å²) in [5.41, 5.74) is 5.74. The van der Waals surface area contributed by atoms with Gasteiger partial charge in [-0.1, -0.05) is 12.1 Å². The molecule has 4 rings (SSSR count). The monoisotopic (exact) mass is 294 g/mol. The van der Waals surface area contributed by atoms with Gasteiger partial charge in [0.1, 0.15) is 11.3 Å². The molecule has 0 spiro atoms. The Labute approximate surface area is 129 Å². The zero-order valence-electron chi connectivity index (χ0n) is 12.5. The van der Waals surface area contributed by atoms with Crippen molar-refractivity contribution in [2.75, 3.05) is 13.7 Å². The van der Waals surface area contributed by atoms with Crippen molar-refractivity contribution < 1.29 is 4.74 Å². The number of ether oxygens (including phenoxy) is 1. The molecule has 0 atom stereocenters. The molecule has 5 heteroatoms. The fourth-order valence-corrected chi connectivity index (χ4v) is 3.22. The highest BCUT2D eigenvalue weighted by Crippen LogP contribution is 2.28. The van der Waals surface area contributed by atoms with Gasteiger partial charge in [-0.05, 0) is 23.6 Å². The standard InChI is InChI=1S/C17H18N4O/c1-22-15-4-2-3-12-10-21(8-5-14(12)15)11-13-9-20-17-16(13)18-6-7-19-17/h2-4,6-7,9H,5,8,10-11H2,1H3,(H,19,20). The Bertz CT molecular complexity index is 811. The third-order valence-electron chi connectivity index (χ3n) is 4.30. The Kier molecular flexibility index (Phi) is 3.27. The minimum atomic E-state index is 0.858. The molecule has 0 radical (unpaired) electrons. The van der Waals surface area contributed by atoms with Gasteiger partial charge >= 0.3 is 0 Å². The highest BCUT2D eigenvalue weighted by Gasteiger charge is 2.20. The van der Waals surface area contributed by atoms with Crippen LogP contribution in [0.15, 0.2) is 36.8 Å². The first-order valence-corrected chi connectivity index (χ1v) is 7.49. The van der Waals surface area contributed by atoms with E-state index in [2.05, 4.69) is 32.0 Å². The fourth-order valence-electron chi connectivity index (χ4n) is 3.22. The molecular formula is C17H18N4O. The van der Waals surface area contributed by atoms with Gasteiger partial charge in [-0.25, -0.2) is 4.98 Å². The summed E-state index contributed by atoms with van der Waals surface area (Å²) in [4.78, 5) is 14.4. The fraction of sp³-hybridized carbons (Fsp3) is 0.294. The third-order valence-corrected chi connectivity index (χ3v) is 4.30. The van der Waals surface area contributed by atoms with Crippen LogP contribution in [-0.2, 0) is 19.5 Å². The van der Waals surface area contributed by atoms with E-state index in [-0.39, 0.29) is 0 Å². The van der Waals surface area contributed by atoms with Gasteiger partial charge in [-0.3, -0.25) is 9.88 Å². The van der Waals surface area contributed by atoms with Crippen LogP contribution in [0, 0.1) is 0 Å². The molecule has 22 heavy (non-hydrogen) atoms. The molecule has 0 aliphatic carbocycles. The van der Waals surface area contributed by atoms with E-state index in [1.165, 1.54) is 16.7 Å². The second-order valence-corrected chi connectivity index (χ2v) is 5.63. The maximum atomic E-state index is 5.47. The minimum absolute atomic E-state index is 0.858. The van der Waals surface area contributed by atoms with E-state index >= 15 is 0 Å². The molecule has 112 valence electrons. The van der Waals surface area contributed by atoms with Crippen LogP contribution in [0.4, 0.5) is 0 Å². The van der Waals surface area contributed by atoms with E-state index in [9.17, 15) is 0 Å². The zero-order valence-corrected chi connectivity index (χ0v) is 12.5. The SMILES string of the molecule is COc1cccc2c1CCN(Cc1c[nH]c3nccnc13)C2. The van der Waals surface area contributed by atoms with Crippen molar-refractivity contribution in [1.82, 2.24) is 19.9 Å². The first-order valence-electron chi connectivity index (χ1n) is 7.49. The summed E-state index contributed by atoms with van der Waals surface area (Å²) < 4.78 is 5.47. The Hall–Kier alpha value is -2.40. The predicted octanol–water partition coefficient (Wildman–Crippen LogP) is 2.52. The molecule has 0 saturated carbocycles. The first-order chi connectivity index (χ1) is 10.8. The number of aromatic amines is 1. The van der Waals surface area contributed by atoms with Crippen LogP contribution in [0.2, 0.25) is 0 Å². The number of nitrogens with one attached hydrogen (secondary N) is 1. The molecule has 0 saturated heterocycles. The van der Waals surface area contributed by atoms with Crippen molar-refractivity contribution in [3.05, 3.63) is 53.5 Å². The lowest BCUT2D eigenvalue weighted by Gasteiger charge is -2.29. The Balaban J connectivity index is 1.58. The second kappa shape index (κ2) is 5.42. The summed E-state index contributed by atoms with van der Waals surface area (Å²) in [6, 6.07) is 6.31. The Morgan fingerprint density at radius 1 is 1.27 bits per heavy atom. The van der Waals surface area contributed by atoms with E-state index < -0.39 is 0 Å². The molecule has 0 fully saturated rings. The number of benzene rings is 1. The van der Waals surface area contributed by atoms with Gasteiger partial charge in [0, 0.05) is 43.8 Å². The van der Waals surface area contributed by atoms with Gasteiger partial charge in [0.25, 0.3) is 0 Å². The zero-order chi connectivity index (χ0) is 14.9. The number of fused-ring (bicyclic) bond motifs is 2. The van der Waals surface area contributed by atoms with E-state index in [0.717, 1.165) is 43.0 Å². The van der Waals surface area contributed by atoms with Crippen molar-refractivity contribution in [3.63, 3.8) is 0 Å². The number of methoxy groups -OCH3 is 1. The maximum absolute atomic E-state index is 5.47. The van der Waals surface area contributed by atoms with Crippen molar-refractivity contribution in [3.8, 4) is 5.75 Å². The van der Waals surface area contributed by atoms with Crippen LogP contribution in [0.1, 0.15) is 16.7 Å². The Morgan fingerprint density at radius 3 is 3.09 bits per heavy atom. The summed E-state index contributed by atoms with van der Waals surface area (Å²) in [7, 11) is 1.74. The average molecular weight is 294 g/mol. The molecule has 0 bridgehead atoms. The largest absolute Gasteiger partial charge is 0.496 e. The molecule has 1 N–H and O–H groups in total. The topological polar surface area (TPSA) is 54.0 Å². The molecule has 1 aliphatic heterocycles. The third kappa shape index (κ3) is 2.23. The molecule has 2 aromatic heterocycles. The molecule has 1 aliphatic rings. The molecule has 1 aromatic carbocycles. The number of H-pyrrole nitrogens is 1. The minimum Gasteiger partial charge on any atom is -0.496 e. The highest BCUT2D eigenvalue weighted by atomic mass is 16.5. The number of aromatic nitrogens is 3. The lowest BCUT2D eigenvalue weighted by atomic mass is 9.98. The summed E-state index contributed by atoms with van der Waals surface area (Å²) in [6.45, 7) is 2.86.